The van der Waals surface area contributed by atoms with E-state index in [0.29, 0.717) is 17.2 Å². The van der Waals surface area contributed by atoms with Gasteiger partial charge in [-0.3, -0.25) is 0 Å². The normalized spacial score (nSPS) is 9.95. The van der Waals surface area contributed by atoms with Crippen molar-refractivity contribution >= 4 is 0 Å². The molecule has 0 atom stereocenters. The Morgan fingerprint density at radius 3 is 2.85 bits per heavy atom. The number of nitriles is 1. The first kappa shape index (κ1) is 11.9. The molecule has 0 spiro atoms. The van der Waals surface area contributed by atoms with Gasteiger partial charge in [0.25, 0.3) is 0 Å². The first-order valence-corrected chi connectivity index (χ1v) is 5.84. The molecule has 6 nitrogen and oxygen atoms in total. The van der Waals surface area contributed by atoms with E-state index >= 15 is 0 Å². The summed E-state index contributed by atoms with van der Waals surface area (Å²) >= 11 is 0. The zero-order valence-electron chi connectivity index (χ0n) is 10.3. The quantitative estimate of drug-likeness (QED) is 0.724. The summed E-state index contributed by atoms with van der Waals surface area (Å²) in [5.74, 6) is 1.06. The highest BCUT2D eigenvalue weighted by molar-refractivity contribution is 5.40. The molecule has 0 unspecified atom stereocenters. The lowest BCUT2D eigenvalue weighted by molar-refractivity contribution is 0.462. The number of hydrogen-bond donors (Lipinski definition) is 0. The van der Waals surface area contributed by atoms with Crippen LogP contribution in [-0.2, 0) is 0 Å². The van der Waals surface area contributed by atoms with Gasteiger partial charge in [-0.15, -0.1) is 0 Å². The summed E-state index contributed by atoms with van der Waals surface area (Å²) in [6, 6.07) is 12.7. The Hall–Kier alpha value is -3.20. The van der Waals surface area contributed by atoms with Gasteiger partial charge in [0.2, 0.25) is 5.88 Å². The van der Waals surface area contributed by atoms with Gasteiger partial charge in [0.1, 0.15) is 24.5 Å². The van der Waals surface area contributed by atoms with Crippen molar-refractivity contribution in [3.63, 3.8) is 0 Å². The lowest BCUT2D eigenvalue weighted by Crippen LogP contribution is -1.95. The van der Waals surface area contributed by atoms with Crippen molar-refractivity contribution in [2.45, 2.75) is 0 Å². The largest absolute Gasteiger partial charge is 0.439 e. The summed E-state index contributed by atoms with van der Waals surface area (Å²) in [5.41, 5.74) is 1.34. The third kappa shape index (κ3) is 2.47. The smallest absolute Gasteiger partial charge is 0.219 e. The van der Waals surface area contributed by atoms with E-state index in [1.54, 1.807) is 23.1 Å². The molecule has 2 heterocycles. The molecule has 0 aliphatic carbocycles. The van der Waals surface area contributed by atoms with E-state index < -0.39 is 0 Å². The lowest BCUT2D eigenvalue weighted by Gasteiger charge is -2.06. The first-order valence-electron chi connectivity index (χ1n) is 5.84. The molecule has 0 saturated carbocycles. The SMILES string of the molecule is N#Cc1ccc(Oc2cccc(-n3cncn3)c2)nc1. The van der Waals surface area contributed by atoms with Crippen LogP contribution in [-0.4, -0.2) is 19.7 Å². The maximum absolute atomic E-state index is 8.71. The standard InChI is InChI=1S/C14H9N5O/c15-7-11-4-5-14(17-8-11)20-13-3-1-2-12(6-13)19-10-16-9-18-19/h1-6,8-10H. The molecule has 6 heteroatoms. The van der Waals surface area contributed by atoms with Crippen molar-refractivity contribution in [1.29, 1.82) is 5.26 Å². The molecule has 20 heavy (non-hydrogen) atoms. The van der Waals surface area contributed by atoms with E-state index in [2.05, 4.69) is 15.1 Å². The molecule has 0 fully saturated rings. The van der Waals surface area contributed by atoms with Gasteiger partial charge in [-0.05, 0) is 18.2 Å². The second-order valence-electron chi connectivity index (χ2n) is 3.94. The number of hydrogen-bond acceptors (Lipinski definition) is 5. The van der Waals surface area contributed by atoms with Crippen LogP contribution in [0, 0.1) is 11.3 Å². The first-order chi connectivity index (χ1) is 9.85. The molecular formula is C14H9N5O. The summed E-state index contributed by atoms with van der Waals surface area (Å²) in [7, 11) is 0. The molecule has 0 bridgehead atoms. The van der Waals surface area contributed by atoms with Crippen molar-refractivity contribution < 1.29 is 4.74 Å². The fraction of sp³-hybridized carbons (Fsp3) is 0. The zero-order valence-corrected chi connectivity index (χ0v) is 10.3. The molecule has 0 radical (unpaired) electrons. The van der Waals surface area contributed by atoms with Crippen molar-refractivity contribution in [2.24, 2.45) is 0 Å². The van der Waals surface area contributed by atoms with E-state index in [1.807, 2.05) is 30.3 Å². The molecule has 0 N–H and O–H groups in total. The monoisotopic (exact) mass is 263 g/mol. The Kier molecular flexibility index (Phi) is 3.08. The predicted molar refractivity (Wildman–Crippen MR) is 70.4 cm³/mol. The van der Waals surface area contributed by atoms with Gasteiger partial charge in [-0.2, -0.15) is 10.4 Å². The van der Waals surface area contributed by atoms with Gasteiger partial charge in [0.05, 0.1) is 11.3 Å². The summed E-state index contributed by atoms with van der Waals surface area (Å²) in [6.07, 6.45) is 4.55. The summed E-state index contributed by atoms with van der Waals surface area (Å²) < 4.78 is 7.27. The topological polar surface area (TPSA) is 76.6 Å². The maximum atomic E-state index is 8.71. The van der Waals surface area contributed by atoms with Gasteiger partial charge < -0.3 is 4.74 Å². The Bertz CT molecular complexity index is 744. The molecule has 3 aromatic rings. The van der Waals surface area contributed by atoms with E-state index in [4.69, 9.17) is 10.00 Å². The minimum absolute atomic E-state index is 0.430. The van der Waals surface area contributed by atoms with E-state index in [1.165, 1.54) is 12.5 Å². The molecular weight excluding hydrogens is 254 g/mol. The highest BCUT2D eigenvalue weighted by Gasteiger charge is 2.02. The van der Waals surface area contributed by atoms with Gasteiger partial charge in [-0.1, -0.05) is 6.07 Å². The predicted octanol–water partition coefficient (Wildman–Crippen LogP) is 2.33. The van der Waals surface area contributed by atoms with E-state index in [9.17, 15) is 0 Å². The van der Waals surface area contributed by atoms with Crippen molar-refractivity contribution in [1.82, 2.24) is 19.7 Å². The molecule has 0 amide bonds. The van der Waals surface area contributed by atoms with Crippen molar-refractivity contribution in [2.75, 3.05) is 0 Å². The number of nitrogens with zero attached hydrogens (tertiary/aromatic N) is 5. The fourth-order valence-corrected chi connectivity index (χ4v) is 1.66. The molecule has 2 aromatic heterocycles. The van der Waals surface area contributed by atoms with Crippen molar-refractivity contribution in [3.05, 3.63) is 60.8 Å². The third-order valence-electron chi connectivity index (χ3n) is 2.59. The molecule has 0 aliphatic heterocycles. The molecule has 0 saturated heterocycles. The minimum Gasteiger partial charge on any atom is -0.439 e. The number of pyridine rings is 1. The highest BCUT2D eigenvalue weighted by atomic mass is 16.5. The van der Waals surface area contributed by atoms with Crippen LogP contribution >= 0.6 is 0 Å². The van der Waals surface area contributed by atoms with Crippen LogP contribution in [0.25, 0.3) is 5.69 Å². The number of benzene rings is 1. The van der Waals surface area contributed by atoms with Crippen LogP contribution in [0.1, 0.15) is 5.56 Å². The van der Waals surface area contributed by atoms with Crippen LogP contribution in [0.5, 0.6) is 11.6 Å². The molecule has 96 valence electrons. The van der Waals surface area contributed by atoms with Crippen LogP contribution in [0.4, 0.5) is 0 Å². The molecule has 1 aromatic carbocycles. The fourth-order valence-electron chi connectivity index (χ4n) is 1.66. The van der Waals surface area contributed by atoms with E-state index in [-0.39, 0.29) is 0 Å². The summed E-state index contributed by atoms with van der Waals surface area (Å²) in [6.45, 7) is 0. The molecule has 0 aliphatic rings. The summed E-state index contributed by atoms with van der Waals surface area (Å²) in [5, 5.41) is 12.8. The third-order valence-corrected chi connectivity index (χ3v) is 2.59. The average Bonchev–Trinajstić information content (AvgIpc) is 3.03. The van der Waals surface area contributed by atoms with Crippen LogP contribution in [0.2, 0.25) is 0 Å². The van der Waals surface area contributed by atoms with E-state index in [0.717, 1.165) is 5.69 Å². The Morgan fingerprint density at radius 2 is 2.15 bits per heavy atom. The van der Waals surface area contributed by atoms with Gasteiger partial charge in [0, 0.05) is 18.3 Å². The number of rotatable bonds is 3. The zero-order chi connectivity index (χ0) is 13.8. The Morgan fingerprint density at radius 1 is 1.20 bits per heavy atom. The second kappa shape index (κ2) is 5.20. The number of aromatic nitrogens is 4. The van der Waals surface area contributed by atoms with Gasteiger partial charge >= 0.3 is 0 Å². The number of ether oxygens (including phenoxy) is 1. The van der Waals surface area contributed by atoms with Crippen molar-refractivity contribution in [3.8, 4) is 23.4 Å². The van der Waals surface area contributed by atoms with Crippen LogP contribution in [0.3, 0.4) is 0 Å². The minimum atomic E-state index is 0.430. The second-order valence-corrected chi connectivity index (χ2v) is 3.94. The Labute approximate surface area is 114 Å². The average molecular weight is 263 g/mol. The maximum Gasteiger partial charge on any atom is 0.219 e. The Balaban J connectivity index is 1.84. The van der Waals surface area contributed by atoms with Crippen LogP contribution in [0.15, 0.2) is 55.2 Å². The van der Waals surface area contributed by atoms with Gasteiger partial charge in [-0.25, -0.2) is 14.6 Å². The van der Waals surface area contributed by atoms with Crippen LogP contribution < -0.4 is 4.74 Å². The molecule has 3 rings (SSSR count). The summed E-state index contributed by atoms with van der Waals surface area (Å²) in [4.78, 5) is 7.96. The highest BCUT2D eigenvalue weighted by Crippen LogP contribution is 2.21. The van der Waals surface area contributed by atoms with Gasteiger partial charge in [0.15, 0.2) is 0 Å². The lowest BCUT2D eigenvalue weighted by atomic mass is 10.3.